The number of ether oxygens (including phenoxy) is 1. The topological polar surface area (TPSA) is 66.4 Å². The molecular weight excluding hydrogens is 338 g/mol. The van der Waals surface area contributed by atoms with Gasteiger partial charge < -0.3 is 9.29 Å². The number of halogens is 2. The highest BCUT2D eigenvalue weighted by molar-refractivity contribution is 7.78. The van der Waals surface area contributed by atoms with Crippen molar-refractivity contribution in [2.75, 3.05) is 6.61 Å². The predicted octanol–water partition coefficient (Wildman–Crippen LogP) is 2.81. The number of esters is 1. The van der Waals surface area contributed by atoms with Crippen molar-refractivity contribution in [1.82, 2.24) is 0 Å². The molecule has 1 aliphatic heterocycles. The lowest BCUT2D eigenvalue weighted by Gasteiger charge is -2.09. The fourth-order valence-electron chi connectivity index (χ4n) is 2.58. The minimum absolute atomic E-state index is 0.105. The first-order valence-electron chi connectivity index (χ1n) is 6.96. The number of carbonyl (C=O) groups is 1. The van der Waals surface area contributed by atoms with Crippen molar-refractivity contribution in [3.8, 4) is 0 Å². The van der Waals surface area contributed by atoms with Crippen LogP contribution in [0.3, 0.4) is 0 Å². The molecule has 7 heteroatoms. The van der Waals surface area contributed by atoms with Crippen molar-refractivity contribution in [2.45, 2.75) is 5.75 Å². The molecule has 1 atom stereocenters. The first-order chi connectivity index (χ1) is 11.5. The summed E-state index contributed by atoms with van der Waals surface area (Å²) < 4.78 is 54.2. The Hall–Kier alpha value is -2.38. The maximum absolute atomic E-state index is 14.4. The summed E-state index contributed by atoms with van der Waals surface area (Å²) in [6.45, 7) is -0.131. The van der Waals surface area contributed by atoms with Crippen LogP contribution >= 0.6 is 0 Å². The molecule has 1 aliphatic rings. The zero-order valence-electron chi connectivity index (χ0n) is 12.3. The molecule has 0 radical (unpaired) electrons. The van der Waals surface area contributed by atoms with Gasteiger partial charge in [0.2, 0.25) is 0 Å². The number of rotatable bonds is 4. The van der Waals surface area contributed by atoms with Gasteiger partial charge in [-0.15, -0.1) is 0 Å². The Kier molecular flexibility index (Phi) is 4.55. The molecule has 0 saturated carbocycles. The van der Waals surface area contributed by atoms with Gasteiger partial charge in [0.05, 0.1) is 5.57 Å². The maximum Gasteiger partial charge on any atom is 0.339 e. The van der Waals surface area contributed by atoms with Gasteiger partial charge in [0.1, 0.15) is 18.2 Å². The lowest BCUT2D eigenvalue weighted by Crippen LogP contribution is -1.99. The van der Waals surface area contributed by atoms with Crippen LogP contribution in [0.2, 0.25) is 0 Å². The largest absolute Gasteiger partial charge is 0.772 e. The number of hydrogen-bond donors (Lipinski definition) is 0. The quantitative estimate of drug-likeness (QED) is 0.629. The molecule has 0 amide bonds. The van der Waals surface area contributed by atoms with Crippen LogP contribution in [-0.2, 0) is 26.4 Å². The van der Waals surface area contributed by atoms with E-state index in [2.05, 4.69) is 0 Å². The van der Waals surface area contributed by atoms with E-state index in [1.807, 2.05) is 0 Å². The van der Waals surface area contributed by atoms with Crippen molar-refractivity contribution in [1.29, 1.82) is 0 Å². The highest BCUT2D eigenvalue weighted by Crippen LogP contribution is 2.34. The van der Waals surface area contributed by atoms with Gasteiger partial charge in [-0.2, -0.15) is 0 Å². The van der Waals surface area contributed by atoms with E-state index >= 15 is 0 Å². The fraction of sp³-hybridized carbons (Fsp3) is 0.118. The van der Waals surface area contributed by atoms with E-state index in [0.717, 1.165) is 6.07 Å². The summed E-state index contributed by atoms with van der Waals surface area (Å²) in [4.78, 5) is 12.0. The van der Waals surface area contributed by atoms with E-state index in [1.54, 1.807) is 0 Å². The van der Waals surface area contributed by atoms with Crippen molar-refractivity contribution in [3.63, 3.8) is 0 Å². The lowest BCUT2D eigenvalue weighted by molar-refractivity contribution is -0.133. The molecule has 0 fully saturated rings. The second kappa shape index (κ2) is 6.62. The van der Waals surface area contributed by atoms with E-state index in [0.29, 0.717) is 16.7 Å². The molecule has 0 aliphatic carbocycles. The van der Waals surface area contributed by atoms with Crippen LogP contribution < -0.4 is 0 Å². The molecule has 1 unspecified atom stereocenters. The highest BCUT2D eigenvalue weighted by Gasteiger charge is 2.28. The average molecular weight is 349 g/mol. The zero-order chi connectivity index (χ0) is 17.3. The van der Waals surface area contributed by atoms with Crippen LogP contribution in [0.25, 0.3) is 11.1 Å². The standard InChI is InChI=1S/C17H12F2O4S/c18-12-3-1-2-11(7-12)16-14(8-23-17(16)20)13-5-4-10(6-15(13)19)9-24(21)22/h1-7H,8-9H2,(H,21,22)/p-1. The molecule has 0 saturated heterocycles. The number of carbonyl (C=O) groups excluding carboxylic acids is 1. The Labute approximate surface area is 139 Å². The fourth-order valence-corrected chi connectivity index (χ4v) is 3.03. The van der Waals surface area contributed by atoms with Gasteiger partial charge in [0.15, 0.2) is 0 Å². The summed E-state index contributed by atoms with van der Waals surface area (Å²) in [5.41, 5.74) is 1.13. The molecule has 1 heterocycles. The number of benzene rings is 2. The third-order valence-electron chi connectivity index (χ3n) is 3.61. The van der Waals surface area contributed by atoms with Crippen molar-refractivity contribution in [3.05, 3.63) is 70.8 Å². The minimum Gasteiger partial charge on any atom is -0.772 e. The van der Waals surface area contributed by atoms with Crippen LogP contribution in [0.4, 0.5) is 8.78 Å². The summed E-state index contributed by atoms with van der Waals surface area (Å²) in [5.74, 6) is -2.14. The molecule has 2 aromatic rings. The highest BCUT2D eigenvalue weighted by atomic mass is 32.2. The van der Waals surface area contributed by atoms with Crippen LogP contribution in [0, 0.1) is 11.6 Å². The lowest BCUT2D eigenvalue weighted by atomic mass is 9.95. The van der Waals surface area contributed by atoms with Gasteiger partial charge in [-0.25, -0.2) is 13.6 Å². The molecule has 4 nitrogen and oxygen atoms in total. The van der Waals surface area contributed by atoms with Crippen molar-refractivity contribution in [2.24, 2.45) is 0 Å². The van der Waals surface area contributed by atoms with Crippen molar-refractivity contribution >= 4 is 28.2 Å². The molecule has 2 aromatic carbocycles. The smallest absolute Gasteiger partial charge is 0.339 e. The van der Waals surface area contributed by atoms with Crippen LogP contribution in [0.15, 0.2) is 42.5 Å². The Morgan fingerprint density at radius 2 is 1.96 bits per heavy atom. The third-order valence-corrected chi connectivity index (χ3v) is 4.18. The molecule has 0 N–H and O–H groups in total. The van der Waals surface area contributed by atoms with Gasteiger partial charge in [-0.05, 0) is 29.3 Å². The summed E-state index contributed by atoms with van der Waals surface area (Å²) in [7, 11) is 0. The number of hydrogen-bond acceptors (Lipinski definition) is 4. The van der Waals surface area contributed by atoms with Gasteiger partial charge >= 0.3 is 5.97 Å². The molecule has 0 aromatic heterocycles. The molecule has 0 bridgehead atoms. The molecule has 124 valence electrons. The maximum atomic E-state index is 14.4. The van der Waals surface area contributed by atoms with Gasteiger partial charge in [0, 0.05) is 16.9 Å². The van der Waals surface area contributed by atoms with Crippen LogP contribution in [-0.4, -0.2) is 21.3 Å². The molecular formula is C17H11F2O4S-. The van der Waals surface area contributed by atoms with E-state index < -0.39 is 28.7 Å². The Morgan fingerprint density at radius 3 is 2.62 bits per heavy atom. The molecule has 3 rings (SSSR count). The van der Waals surface area contributed by atoms with Gasteiger partial charge in [-0.1, -0.05) is 35.3 Å². The monoisotopic (exact) mass is 349 g/mol. The van der Waals surface area contributed by atoms with Gasteiger partial charge in [0.25, 0.3) is 0 Å². The SMILES string of the molecule is O=C1OCC(c2ccc(CS(=O)[O-])cc2F)=C1c1cccc(F)c1. The van der Waals surface area contributed by atoms with Crippen molar-refractivity contribution < 1.29 is 27.1 Å². The first kappa shape index (κ1) is 16.5. The summed E-state index contributed by atoms with van der Waals surface area (Å²) in [5, 5.41) is 0. The molecule has 24 heavy (non-hydrogen) atoms. The first-order valence-corrected chi connectivity index (χ1v) is 8.21. The Morgan fingerprint density at radius 1 is 1.17 bits per heavy atom. The van der Waals surface area contributed by atoms with Crippen LogP contribution in [0.5, 0.6) is 0 Å². The third kappa shape index (κ3) is 3.27. The molecule has 0 spiro atoms. The average Bonchev–Trinajstić information content (AvgIpc) is 2.88. The van der Waals surface area contributed by atoms with E-state index in [4.69, 9.17) is 4.74 Å². The van der Waals surface area contributed by atoms with Gasteiger partial charge in [-0.3, -0.25) is 4.21 Å². The summed E-state index contributed by atoms with van der Waals surface area (Å²) in [6, 6.07) is 9.37. The minimum atomic E-state index is -2.33. The summed E-state index contributed by atoms with van der Waals surface area (Å²) >= 11 is -2.33. The van der Waals surface area contributed by atoms with E-state index in [-0.39, 0.29) is 23.5 Å². The number of cyclic esters (lactones) is 1. The predicted molar refractivity (Wildman–Crippen MR) is 83.2 cm³/mol. The Bertz CT molecular complexity index is 877. The second-order valence-electron chi connectivity index (χ2n) is 5.20. The zero-order valence-corrected chi connectivity index (χ0v) is 13.1. The summed E-state index contributed by atoms with van der Waals surface area (Å²) in [6.07, 6.45) is 0. The Balaban J connectivity index is 2.09. The normalized spacial score (nSPS) is 15.5. The van der Waals surface area contributed by atoms with E-state index in [1.165, 1.54) is 36.4 Å². The van der Waals surface area contributed by atoms with Crippen LogP contribution in [0.1, 0.15) is 16.7 Å². The second-order valence-corrected chi connectivity index (χ2v) is 6.10. The van der Waals surface area contributed by atoms with E-state index in [9.17, 15) is 22.3 Å².